The second-order valence-corrected chi connectivity index (χ2v) is 6.71. The van der Waals surface area contributed by atoms with Gasteiger partial charge in [-0.1, -0.05) is 18.2 Å². The number of amides is 1. The van der Waals surface area contributed by atoms with E-state index in [9.17, 15) is 4.79 Å². The van der Waals surface area contributed by atoms with Gasteiger partial charge in [0.1, 0.15) is 5.75 Å². The van der Waals surface area contributed by atoms with E-state index < -0.39 is 0 Å². The molecular weight excluding hydrogens is 328 g/mol. The van der Waals surface area contributed by atoms with Crippen molar-refractivity contribution in [2.45, 2.75) is 18.5 Å². The molecule has 136 valence electrons. The van der Waals surface area contributed by atoms with Crippen LogP contribution >= 0.6 is 0 Å². The minimum atomic E-state index is -0.104. The second-order valence-electron chi connectivity index (χ2n) is 6.71. The number of pyridine rings is 1. The standard InChI is InChI=1S/C20H24N4O2/c1-26-19-7-3-2-6-16(19)24-11-8-17(20(24)25)23-12-10-22-14-18(23)15-5-4-9-21-13-15/h2-7,9,13,17-18,22H,8,10-12,14H2,1H3. The van der Waals surface area contributed by atoms with Crippen LogP contribution in [0.3, 0.4) is 0 Å². The molecule has 1 aromatic heterocycles. The Morgan fingerprint density at radius 2 is 2.04 bits per heavy atom. The van der Waals surface area contributed by atoms with E-state index in [0.29, 0.717) is 6.54 Å². The lowest BCUT2D eigenvalue weighted by molar-refractivity contribution is -0.122. The summed E-state index contributed by atoms with van der Waals surface area (Å²) in [6.45, 7) is 3.31. The van der Waals surface area contributed by atoms with Gasteiger partial charge in [0.2, 0.25) is 5.91 Å². The van der Waals surface area contributed by atoms with Crippen molar-refractivity contribution in [1.82, 2.24) is 15.2 Å². The van der Waals surface area contributed by atoms with Gasteiger partial charge in [-0.25, -0.2) is 0 Å². The maximum atomic E-state index is 13.2. The summed E-state index contributed by atoms with van der Waals surface area (Å²) in [5, 5.41) is 3.45. The van der Waals surface area contributed by atoms with E-state index in [-0.39, 0.29) is 18.0 Å². The van der Waals surface area contributed by atoms with Crippen molar-refractivity contribution < 1.29 is 9.53 Å². The van der Waals surface area contributed by atoms with Gasteiger partial charge >= 0.3 is 0 Å². The molecule has 1 aromatic carbocycles. The number of piperazine rings is 1. The quantitative estimate of drug-likeness (QED) is 0.910. The second kappa shape index (κ2) is 7.43. The van der Waals surface area contributed by atoms with Gasteiger partial charge in [0.25, 0.3) is 0 Å². The first-order chi connectivity index (χ1) is 12.8. The van der Waals surface area contributed by atoms with Crippen molar-refractivity contribution in [3.05, 3.63) is 54.4 Å². The highest BCUT2D eigenvalue weighted by atomic mass is 16.5. The smallest absolute Gasteiger partial charge is 0.244 e. The fourth-order valence-corrected chi connectivity index (χ4v) is 4.04. The largest absolute Gasteiger partial charge is 0.495 e. The minimum absolute atomic E-state index is 0.104. The number of hydrogen-bond acceptors (Lipinski definition) is 5. The fraction of sp³-hybridized carbons (Fsp3) is 0.400. The van der Waals surface area contributed by atoms with Crippen molar-refractivity contribution >= 4 is 11.6 Å². The molecule has 2 aliphatic rings. The minimum Gasteiger partial charge on any atom is -0.495 e. The van der Waals surface area contributed by atoms with Crippen molar-refractivity contribution in [1.29, 1.82) is 0 Å². The first kappa shape index (κ1) is 17.0. The topological polar surface area (TPSA) is 57.7 Å². The number of rotatable bonds is 4. The molecule has 6 heteroatoms. The summed E-state index contributed by atoms with van der Waals surface area (Å²) >= 11 is 0. The van der Waals surface area contributed by atoms with Crippen LogP contribution in [0.1, 0.15) is 18.0 Å². The van der Waals surface area contributed by atoms with Gasteiger partial charge in [-0.05, 0) is 30.2 Å². The molecular formula is C20H24N4O2. The van der Waals surface area contributed by atoms with E-state index in [4.69, 9.17) is 4.74 Å². The Kier molecular flexibility index (Phi) is 4.86. The maximum absolute atomic E-state index is 13.2. The van der Waals surface area contributed by atoms with Gasteiger partial charge in [-0.15, -0.1) is 0 Å². The van der Waals surface area contributed by atoms with Crippen LogP contribution in [-0.4, -0.2) is 55.1 Å². The third-order valence-corrected chi connectivity index (χ3v) is 5.31. The molecule has 6 nitrogen and oxygen atoms in total. The van der Waals surface area contributed by atoms with E-state index in [1.54, 1.807) is 13.3 Å². The molecule has 2 aliphatic heterocycles. The molecule has 2 aromatic rings. The summed E-state index contributed by atoms with van der Waals surface area (Å²) < 4.78 is 5.45. The molecule has 2 unspecified atom stereocenters. The summed E-state index contributed by atoms with van der Waals surface area (Å²) in [6.07, 6.45) is 4.52. The first-order valence-corrected chi connectivity index (χ1v) is 9.10. The fourth-order valence-electron chi connectivity index (χ4n) is 4.04. The van der Waals surface area contributed by atoms with Crippen LogP contribution in [0, 0.1) is 0 Å². The van der Waals surface area contributed by atoms with Gasteiger partial charge in [0, 0.05) is 44.6 Å². The third kappa shape index (κ3) is 3.06. The van der Waals surface area contributed by atoms with E-state index in [2.05, 4.69) is 21.3 Å². The highest BCUT2D eigenvalue weighted by molar-refractivity contribution is 6.00. The number of aromatic nitrogens is 1. The highest BCUT2D eigenvalue weighted by Gasteiger charge is 2.41. The van der Waals surface area contributed by atoms with Gasteiger partial charge in [-0.3, -0.25) is 14.7 Å². The number of carbonyl (C=O) groups excluding carboxylic acids is 1. The van der Waals surface area contributed by atoms with Crippen LogP contribution in [0.25, 0.3) is 0 Å². The Bertz CT molecular complexity index is 767. The number of carbonyl (C=O) groups is 1. The zero-order valence-corrected chi connectivity index (χ0v) is 15.0. The summed E-state index contributed by atoms with van der Waals surface area (Å²) in [6, 6.07) is 11.8. The van der Waals surface area contributed by atoms with Crippen molar-refractivity contribution in [3.8, 4) is 5.75 Å². The maximum Gasteiger partial charge on any atom is 0.244 e. The molecule has 2 fully saturated rings. The summed E-state index contributed by atoms with van der Waals surface area (Å²) in [7, 11) is 1.64. The van der Waals surface area contributed by atoms with Crippen LogP contribution < -0.4 is 15.0 Å². The van der Waals surface area contributed by atoms with E-state index in [1.165, 1.54) is 0 Å². The number of benzene rings is 1. The molecule has 0 aliphatic carbocycles. The van der Waals surface area contributed by atoms with Crippen LogP contribution in [-0.2, 0) is 4.79 Å². The molecule has 0 saturated carbocycles. The van der Waals surface area contributed by atoms with Gasteiger partial charge in [0.05, 0.1) is 18.8 Å². The summed E-state index contributed by atoms with van der Waals surface area (Å²) in [5.41, 5.74) is 2.01. The monoisotopic (exact) mass is 352 g/mol. The first-order valence-electron chi connectivity index (χ1n) is 9.10. The van der Waals surface area contributed by atoms with Crippen molar-refractivity contribution in [2.75, 3.05) is 38.2 Å². The van der Waals surface area contributed by atoms with Crippen LogP contribution in [0.2, 0.25) is 0 Å². The molecule has 0 spiro atoms. The molecule has 2 saturated heterocycles. The number of methoxy groups -OCH3 is 1. The van der Waals surface area contributed by atoms with E-state index in [1.807, 2.05) is 41.4 Å². The molecule has 0 bridgehead atoms. The molecule has 1 amide bonds. The Morgan fingerprint density at radius 1 is 1.15 bits per heavy atom. The molecule has 3 heterocycles. The molecule has 26 heavy (non-hydrogen) atoms. The number of anilines is 1. The van der Waals surface area contributed by atoms with E-state index in [0.717, 1.165) is 43.1 Å². The Morgan fingerprint density at radius 3 is 2.85 bits per heavy atom. The normalized spacial score (nSPS) is 24.0. The lowest BCUT2D eigenvalue weighted by Gasteiger charge is -2.39. The lowest BCUT2D eigenvalue weighted by Crippen LogP contribution is -2.52. The average molecular weight is 352 g/mol. The predicted molar refractivity (Wildman–Crippen MR) is 100 cm³/mol. The molecule has 0 radical (unpaired) electrons. The van der Waals surface area contributed by atoms with Gasteiger partial charge in [0.15, 0.2) is 0 Å². The molecule has 1 N–H and O–H groups in total. The number of nitrogens with one attached hydrogen (secondary N) is 1. The van der Waals surface area contributed by atoms with E-state index >= 15 is 0 Å². The average Bonchev–Trinajstić information content (AvgIpc) is 3.09. The Hall–Kier alpha value is -2.44. The predicted octanol–water partition coefficient (Wildman–Crippen LogP) is 1.84. The third-order valence-electron chi connectivity index (χ3n) is 5.31. The zero-order chi connectivity index (χ0) is 17.9. The summed E-state index contributed by atoms with van der Waals surface area (Å²) in [5.74, 6) is 0.899. The number of ether oxygens (including phenoxy) is 1. The SMILES string of the molecule is COc1ccccc1N1CCC(N2CCNCC2c2cccnc2)C1=O. The summed E-state index contributed by atoms with van der Waals surface area (Å²) in [4.78, 5) is 21.7. The number of nitrogens with zero attached hydrogens (tertiary/aromatic N) is 3. The zero-order valence-electron chi connectivity index (χ0n) is 15.0. The Balaban J connectivity index is 1.59. The number of hydrogen-bond donors (Lipinski definition) is 1. The number of para-hydroxylation sites is 2. The molecule has 4 rings (SSSR count). The highest BCUT2D eigenvalue weighted by Crippen LogP contribution is 2.34. The van der Waals surface area contributed by atoms with Gasteiger partial charge in [-0.2, -0.15) is 0 Å². The lowest BCUT2D eigenvalue weighted by atomic mass is 10.0. The van der Waals surface area contributed by atoms with Crippen molar-refractivity contribution in [3.63, 3.8) is 0 Å². The van der Waals surface area contributed by atoms with Crippen molar-refractivity contribution in [2.24, 2.45) is 0 Å². The van der Waals surface area contributed by atoms with Crippen LogP contribution in [0.15, 0.2) is 48.8 Å². The Labute approximate surface area is 153 Å². The van der Waals surface area contributed by atoms with Crippen LogP contribution in [0.4, 0.5) is 5.69 Å². The van der Waals surface area contributed by atoms with Crippen LogP contribution in [0.5, 0.6) is 5.75 Å². The molecule has 2 atom stereocenters. The van der Waals surface area contributed by atoms with Gasteiger partial charge < -0.3 is 15.0 Å².